The SMILES string of the molecule is CCCCCCC(CN)N1CCC[C@H]2CCCC[C@H]21. The molecule has 1 aliphatic carbocycles. The Labute approximate surface area is 120 Å². The van der Waals surface area contributed by atoms with Crippen molar-refractivity contribution in [3.8, 4) is 0 Å². The van der Waals surface area contributed by atoms with Crippen LogP contribution in [0.4, 0.5) is 0 Å². The summed E-state index contributed by atoms with van der Waals surface area (Å²) in [6.45, 7) is 4.48. The molecule has 2 aliphatic rings. The Balaban J connectivity index is 1.85. The highest BCUT2D eigenvalue weighted by Crippen LogP contribution is 2.36. The minimum absolute atomic E-state index is 0.669. The molecule has 0 spiro atoms. The lowest BCUT2D eigenvalue weighted by molar-refractivity contribution is 0.0247. The Morgan fingerprint density at radius 3 is 2.63 bits per heavy atom. The molecule has 1 heterocycles. The van der Waals surface area contributed by atoms with Crippen LogP contribution in [0.25, 0.3) is 0 Å². The molecular formula is C17H34N2. The van der Waals surface area contributed by atoms with Gasteiger partial charge < -0.3 is 5.73 Å². The van der Waals surface area contributed by atoms with Crippen molar-refractivity contribution in [3.63, 3.8) is 0 Å². The predicted molar refractivity (Wildman–Crippen MR) is 83.3 cm³/mol. The number of fused-ring (bicyclic) bond motifs is 1. The van der Waals surface area contributed by atoms with Gasteiger partial charge in [0.1, 0.15) is 0 Å². The van der Waals surface area contributed by atoms with E-state index in [4.69, 9.17) is 5.73 Å². The van der Waals surface area contributed by atoms with Crippen LogP contribution in [-0.2, 0) is 0 Å². The summed E-state index contributed by atoms with van der Waals surface area (Å²) in [4.78, 5) is 2.82. The third-order valence-corrected chi connectivity index (χ3v) is 5.42. The molecule has 1 saturated heterocycles. The van der Waals surface area contributed by atoms with Crippen LogP contribution in [-0.4, -0.2) is 30.1 Å². The van der Waals surface area contributed by atoms with E-state index in [0.29, 0.717) is 6.04 Å². The normalized spacial score (nSPS) is 30.0. The molecule has 1 aliphatic heterocycles. The summed E-state index contributed by atoms with van der Waals surface area (Å²) in [5.74, 6) is 0.993. The van der Waals surface area contributed by atoms with Gasteiger partial charge in [-0.25, -0.2) is 0 Å². The van der Waals surface area contributed by atoms with Crippen LogP contribution in [0, 0.1) is 5.92 Å². The molecule has 0 amide bonds. The van der Waals surface area contributed by atoms with E-state index in [1.54, 1.807) is 0 Å². The molecule has 1 saturated carbocycles. The molecule has 112 valence electrons. The van der Waals surface area contributed by atoms with Crippen molar-refractivity contribution in [2.45, 2.75) is 89.6 Å². The van der Waals surface area contributed by atoms with Gasteiger partial charge in [-0.05, 0) is 44.6 Å². The highest BCUT2D eigenvalue weighted by molar-refractivity contribution is 4.90. The quantitative estimate of drug-likeness (QED) is 0.707. The summed E-state index contributed by atoms with van der Waals surface area (Å²) in [6.07, 6.45) is 15.6. The number of hydrogen-bond donors (Lipinski definition) is 1. The Bertz CT molecular complexity index is 239. The first kappa shape index (κ1) is 15.3. The van der Waals surface area contributed by atoms with E-state index in [9.17, 15) is 0 Å². The van der Waals surface area contributed by atoms with Crippen molar-refractivity contribution in [3.05, 3.63) is 0 Å². The van der Waals surface area contributed by atoms with Gasteiger partial charge in [-0.15, -0.1) is 0 Å². The highest BCUT2D eigenvalue weighted by atomic mass is 15.2. The molecule has 0 bridgehead atoms. The minimum atomic E-state index is 0.669. The largest absolute Gasteiger partial charge is 0.329 e. The Kier molecular flexibility index (Phi) is 6.66. The van der Waals surface area contributed by atoms with Gasteiger partial charge in [0.05, 0.1) is 0 Å². The van der Waals surface area contributed by atoms with Gasteiger partial charge in [0.25, 0.3) is 0 Å². The van der Waals surface area contributed by atoms with Gasteiger partial charge in [-0.1, -0.05) is 45.4 Å². The fraction of sp³-hybridized carbons (Fsp3) is 1.00. The van der Waals surface area contributed by atoms with Crippen molar-refractivity contribution >= 4 is 0 Å². The smallest absolute Gasteiger partial charge is 0.0221 e. The summed E-state index contributed by atoms with van der Waals surface area (Å²) in [5, 5.41) is 0. The van der Waals surface area contributed by atoms with Crippen LogP contribution in [0.15, 0.2) is 0 Å². The van der Waals surface area contributed by atoms with Gasteiger partial charge in [-0.2, -0.15) is 0 Å². The van der Waals surface area contributed by atoms with E-state index in [0.717, 1.165) is 18.5 Å². The lowest BCUT2D eigenvalue weighted by Gasteiger charge is -2.47. The van der Waals surface area contributed by atoms with E-state index in [1.807, 2.05) is 0 Å². The summed E-state index contributed by atoms with van der Waals surface area (Å²) in [5.41, 5.74) is 6.10. The molecule has 1 unspecified atom stereocenters. The monoisotopic (exact) mass is 266 g/mol. The zero-order chi connectivity index (χ0) is 13.5. The number of unbranched alkanes of at least 4 members (excludes halogenated alkanes) is 3. The Morgan fingerprint density at radius 2 is 1.84 bits per heavy atom. The average molecular weight is 266 g/mol. The van der Waals surface area contributed by atoms with Crippen molar-refractivity contribution in [1.82, 2.24) is 4.90 Å². The summed E-state index contributed by atoms with van der Waals surface area (Å²) in [6, 6.07) is 1.55. The molecule has 0 aromatic carbocycles. The Morgan fingerprint density at radius 1 is 1.05 bits per heavy atom. The maximum Gasteiger partial charge on any atom is 0.0221 e. The van der Waals surface area contributed by atoms with E-state index in [2.05, 4.69) is 11.8 Å². The molecule has 0 aromatic heterocycles. The van der Waals surface area contributed by atoms with Crippen molar-refractivity contribution < 1.29 is 0 Å². The summed E-state index contributed by atoms with van der Waals surface area (Å²) >= 11 is 0. The van der Waals surface area contributed by atoms with E-state index >= 15 is 0 Å². The molecule has 2 nitrogen and oxygen atoms in total. The maximum atomic E-state index is 6.10. The van der Waals surface area contributed by atoms with E-state index in [-0.39, 0.29) is 0 Å². The standard InChI is InChI=1S/C17H34N2/c1-2-3-4-5-11-16(14-18)19-13-8-10-15-9-6-7-12-17(15)19/h15-17H,2-14,18H2,1H3/t15-,16?,17-/m1/s1. The first-order valence-corrected chi connectivity index (χ1v) is 8.82. The Hall–Kier alpha value is -0.0800. The number of nitrogens with zero attached hydrogens (tertiary/aromatic N) is 1. The second kappa shape index (κ2) is 8.26. The molecule has 2 fully saturated rings. The van der Waals surface area contributed by atoms with Crippen LogP contribution in [0.1, 0.15) is 77.6 Å². The molecule has 0 radical (unpaired) electrons. The van der Waals surface area contributed by atoms with E-state index < -0.39 is 0 Å². The second-order valence-corrected chi connectivity index (χ2v) is 6.73. The van der Waals surface area contributed by atoms with Gasteiger partial charge in [-0.3, -0.25) is 4.90 Å². The maximum absolute atomic E-state index is 6.10. The topological polar surface area (TPSA) is 29.3 Å². The van der Waals surface area contributed by atoms with Crippen LogP contribution >= 0.6 is 0 Å². The average Bonchev–Trinajstić information content (AvgIpc) is 2.47. The number of likely N-dealkylation sites (tertiary alicyclic amines) is 1. The number of piperidine rings is 1. The summed E-state index contributed by atoms with van der Waals surface area (Å²) in [7, 11) is 0. The molecule has 2 N–H and O–H groups in total. The van der Waals surface area contributed by atoms with Gasteiger partial charge in [0.2, 0.25) is 0 Å². The minimum Gasteiger partial charge on any atom is -0.329 e. The molecular weight excluding hydrogens is 232 g/mol. The fourth-order valence-electron chi connectivity index (χ4n) is 4.34. The molecule has 2 heteroatoms. The van der Waals surface area contributed by atoms with Gasteiger partial charge >= 0.3 is 0 Å². The molecule has 2 rings (SSSR count). The predicted octanol–water partition coefficient (Wildman–Crippen LogP) is 3.94. The molecule has 0 aromatic rings. The molecule has 3 atom stereocenters. The first-order valence-electron chi connectivity index (χ1n) is 8.82. The van der Waals surface area contributed by atoms with Crippen molar-refractivity contribution in [2.75, 3.05) is 13.1 Å². The van der Waals surface area contributed by atoms with Crippen LogP contribution in [0.3, 0.4) is 0 Å². The number of nitrogens with two attached hydrogens (primary N) is 1. The summed E-state index contributed by atoms with van der Waals surface area (Å²) < 4.78 is 0. The number of rotatable bonds is 7. The van der Waals surface area contributed by atoms with Gasteiger partial charge in [0.15, 0.2) is 0 Å². The van der Waals surface area contributed by atoms with Crippen LogP contribution in [0.5, 0.6) is 0 Å². The second-order valence-electron chi connectivity index (χ2n) is 6.73. The van der Waals surface area contributed by atoms with Crippen LogP contribution < -0.4 is 5.73 Å². The van der Waals surface area contributed by atoms with Crippen LogP contribution in [0.2, 0.25) is 0 Å². The third-order valence-electron chi connectivity index (χ3n) is 5.42. The fourth-order valence-corrected chi connectivity index (χ4v) is 4.34. The zero-order valence-corrected chi connectivity index (χ0v) is 12.9. The zero-order valence-electron chi connectivity index (χ0n) is 12.9. The first-order chi connectivity index (χ1) is 9.36. The highest BCUT2D eigenvalue weighted by Gasteiger charge is 2.35. The lowest BCUT2D eigenvalue weighted by atomic mass is 9.77. The number of hydrogen-bond acceptors (Lipinski definition) is 2. The van der Waals surface area contributed by atoms with Gasteiger partial charge in [0, 0.05) is 18.6 Å². The van der Waals surface area contributed by atoms with Crippen molar-refractivity contribution in [1.29, 1.82) is 0 Å². The molecule has 19 heavy (non-hydrogen) atoms. The van der Waals surface area contributed by atoms with Crippen molar-refractivity contribution in [2.24, 2.45) is 11.7 Å². The lowest BCUT2D eigenvalue weighted by Crippen LogP contribution is -2.53. The van der Waals surface area contributed by atoms with E-state index in [1.165, 1.54) is 77.2 Å². The third kappa shape index (κ3) is 4.19.